The Balaban J connectivity index is 1.56. The summed E-state index contributed by atoms with van der Waals surface area (Å²) in [7, 11) is 0. The van der Waals surface area contributed by atoms with Crippen molar-refractivity contribution in [3.05, 3.63) is 163 Å². The Morgan fingerprint density at radius 2 is 1.54 bits per heavy atom. The number of fused-ring (bicyclic) bond motifs is 1. The summed E-state index contributed by atoms with van der Waals surface area (Å²) >= 11 is 0. The van der Waals surface area contributed by atoms with E-state index in [-0.39, 0.29) is 11.7 Å². The van der Waals surface area contributed by atoms with Crippen molar-refractivity contribution < 1.29 is 4.39 Å². The molecule has 3 heterocycles. The van der Waals surface area contributed by atoms with Gasteiger partial charge in [0.15, 0.2) is 0 Å². The van der Waals surface area contributed by atoms with Gasteiger partial charge < -0.3 is 4.40 Å². The zero-order valence-electron chi connectivity index (χ0n) is 22.7. The smallest absolute Gasteiger partial charge is 0.139 e. The fraction of sp³-hybridized carbons (Fsp3) is 0.111. The highest BCUT2D eigenvalue weighted by Crippen LogP contribution is 2.46. The fourth-order valence-corrected chi connectivity index (χ4v) is 6.25. The van der Waals surface area contributed by atoms with Crippen LogP contribution < -0.4 is 0 Å². The standard InChI is InChI=1S/C36H29FN4/c1-26-23-28(24-40-22-21-38-35(26)40)33-25-41(39-34(33)27-17-19-32(37)20-18-27)36(29-11-5-2-6-12-29,30-13-7-3-8-14-30)31-15-9-4-10-16-31/h2-15,17-25,31H,16H2,1H3. The van der Waals surface area contributed by atoms with Gasteiger partial charge in [0, 0.05) is 47.4 Å². The van der Waals surface area contributed by atoms with Crippen LogP contribution in [0.1, 0.15) is 23.1 Å². The average molecular weight is 537 g/mol. The van der Waals surface area contributed by atoms with E-state index >= 15 is 0 Å². The van der Waals surface area contributed by atoms with Crippen LogP contribution in [0.3, 0.4) is 0 Å². The van der Waals surface area contributed by atoms with Gasteiger partial charge in [0.1, 0.15) is 22.7 Å². The summed E-state index contributed by atoms with van der Waals surface area (Å²) in [5.74, 6) is -0.170. The number of aryl methyl sites for hydroxylation is 1. The number of benzene rings is 3. The van der Waals surface area contributed by atoms with Crippen molar-refractivity contribution in [2.24, 2.45) is 5.92 Å². The van der Waals surface area contributed by atoms with Crippen molar-refractivity contribution in [1.82, 2.24) is 19.2 Å². The minimum absolute atomic E-state index is 0.101. The predicted octanol–water partition coefficient (Wildman–Crippen LogP) is 8.24. The normalized spacial score (nSPS) is 15.0. The topological polar surface area (TPSA) is 35.1 Å². The van der Waals surface area contributed by atoms with E-state index in [1.165, 1.54) is 12.1 Å². The van der Waals surface area contributed by atoms with Gasteiger partial charge >= 0.3 is 0 Å². The second-order valence-corrected chi connectivity index (χ2v) is 10.6. The molecule has 7 rings (SSSR count). The first-order chi connectivity index (χ1) is 20.1. The van der Waals surface area contributed by atoms with Gasteiger partial charge in [0.25, 0.3) is 0 Å². The molecule has 4 nitrogen and oxygen atoms in total. The van der Waals surface area contributed by atoms with Gasteiger partial charge in [-0.2, -0.15) is 5.10 Å². The van der Waals surface area contributed by atoms with E-state index in [0.29, 0.717) is 0 Å². The van der Waals surface area contributed by atoms with Gasteiger partial charge in [-0.3, -0.25) is 4.68 Å². The number of allylic oxidation sites excluding steroid dienone is 4. The minimum Gasteiger partial charge on any atom is -0.306 e. The predicted molar refractivity (Wildman–Crippen MR) is 162 cm³/mol. The number of nitrogens with zero attached hydrogens (tertiary/aromatic N) is 4. The first-order valence-corrected chi connectivity index (χ1v) is 13.9. The van der Waals surface area contributed by atoms with Crippen LogP contribution in [0.2, 0.25) is 0 Å². The van der Waals surface area contributed by atoms with Gasteiger partial charge in [0.05, 0.1) is 0 Å². The van der Waals surface area contributed by atoms with Crippen LogP contribution in [0, 0.1) is 18.7 Å². The fourth-order valence-electron chi connectivity index (χ4n) is 6.25. The molecular formula is C36H29FN4. The van der Waals surface area contributed by atoms with Crippen LogP contribution in [0.25, 0.3) is 28.0 Å². The molecule has 1 aliphatic carbocycles. The van der Waals surface area contributed by atoms with Gasteiger partial charge in [-0.05, 0) is 60.4 Å². The van der Waals surface area contributed by atoms with Crippen LogP contribution >= 0.6 is 0 Å². The molecule has 0 amide bonds. The number of imidazole rings is 1. The molecule has 3 aromatic carbocycles. The zero-order valence-corrected chi connectivity index (χ0v) is 22.7. The molecule has 200 valence electrons. The molecule has 0 fully saturated rings. The first kappa shape index (κ1) is 25.0. The Kier molecular flexibility index (Phi) is 6.20. The van der Waals surface area contributed by atoms with Crippen LogP contribution in [0.15, 0.2) is 140 Å². The summed E-state index contributed by atoms with van der Waals surface area (Å²) in [4.78, 5) is 4.51. The van der Waals surface area contributed by atoms with Crippen LogP contribution in [0.4, 0.5) is 4.39 Å². The Morgan fingerprint density at radius 1 is 0.829 bits per heavy atom. The number of rotatable bonds is 6. The number of hydrogen-bond acceptors (Lipinski definition) is 2. The minimum atomic E-state index is -0.634. The third-order valence-corrected chi connectivity index (χ3v) is 8.12. The molecule has 0 spiro atoms. The molecule has 1 aliphatic rings. The van der Waals surface area contributed by atoms with Crippen LogP contribution in [0.5, 0.6) is 0 Å². The summed E-state index contributed by atoms with van der Waals surface area (Å²) in [5, 5.41) is 5.40. The summed E-state index contributed by atoms with van der Waals surface area (Å²) in [6, 6.07) is 30.0. The highest BCUT2D eigenvalue weighted by Gasteiger charge is 2.44. The largest absolute Gasteiger partial charge is 0.306 e. The van der Waals surface area contributed by atoms with Crippen molar-refractivity contribution in [3.63, 3.8) is 0 Å². The van der Waals surface area contributed by atoms with E-state index in [2.05, 4.69) is 120 Å². The molecule has 1 unspecified atom stereocenters. The van der Waals surface area contributed by atoms with E-state index < -0.39 is 5.54 Å². The summed E-state index contributed by atoms with van der Waals surface area (Å²) in [5.41, 5.74) is 7.32. The highest BCUT2D eigenvalue weighted by atomic mass is 19.1. The summed E-state index contributed by atoms with van der Waals surface area (Å²) < 4.78 is 18.2. The lowest BCUT2D eigenvalue weighted by molar-refractivity contribution is 0.293. The Hall–Kier alpha value is -5.03. The Bertz CT molecular complexity index is 1840. The molecule has 0 aliphatic heterocycles. The average Bonchev–Trinajstić information content (AvgIpc) is 3.68. The zero-order chi connectivity index (χ0) is 27.8. The van der Waals surface area contributed by atoms with Crippen LogP contribution in [-0.4, -0.2) is 19.2 Å². The second kappa shape index (κ2) is 10.2. The van der Waals surface area contributed by atoms with Gasteiger partial charge in [-0.1, -0.05) is 85.0 Å². The lowest BCUT2D eigenvalue weighted by atomic mass is 9.70. The van der Waals surface area contributed by atoms with Crippen molar-refractivity contribution in [2.75, 3.05) is 0 Å². The van der Waals surface area contributed by atoms with E-state index in [1.807, 2.05) is 28.9 Å². The molecule has 0 bridgehead atoms. The van der Waals surface area contributed by atoms with Gasteiger partial charge in [-0.15, -0.1) is 0 Å². The van der Waals surface area contributed by atoms with Gasteiger partial charge in [0.2, 0.25) is 0 Å². The molecule has 0 N–H and O–H groups in total. The lowest BCUT2D eigenvalue weighted by Gasteiger charge is -2.41. The maximum atomic E-state index is 14.0. The molecular weight excluding hydrogens is 507 g/mol. The Labute approximate surface area is 238 Å². The maximum absolute atomic E-state index is 14.0. The van der Waals surface area contributed by atoms with E-state index in [1.54, 1.807) is 0 Å². The molecule has 3 aromatic heterocycles. The Morgan fingerprint density at radius 3 is 2.20 bits per heavy atom. The molecule has 0 radical (unpaired) electrons. The van der Waals surface area contributed by atoms with E-state index in [0.717, 1.165) is 51.1 Å². The molecule has 5 heteroatoms. The number of hydrogen-bond donors (Lipinski definition) is 0. The molecule has 6 aromatic rings. The third-order valence-electron chi connectivity index (χ3n) is 8.12. The maximum Gasteiger partial charge on any atom is 0.139 e. The number of pyridine rings is 1. The molecule has 0 saturated heterocycles. The molecule has 1 atom stereocenters. The third kappa shape index (κ3) is 4.21. The van der Waals surface area contributed by atoms with Gasteiger partial charge in [-0.25, -0.2) is 9.37 Å². The summed E-state index contributed by atoms with van der Waals surface area (Å²) in [6.45, 7) is 2.07. The van der Waals surface area contributed by atoms with E-state index in [9.17, 15) is 4.39 Å². The van der Waals surface area contributed by atoms with Crippen LogP contribution in [-0.2, 0) is 5.54 Å². The quantitative estimate of drug-likeness (QED) is 0.215. The molecule has 41 heavy (non-hydrogen) atoms. The van der Waals surface area contributed by atoms with Crippen molar-refractivity contribution in [1.29, 1.82) is 0 Å². The monoisotopic (exact) mass is 536 g/mol. The molecule has 0 saturated carbocycles. The van der Waals surface area contributed by atoms with Crippen molar-refractivity contribution >= 4 is 5.65 Å². The van der Waals surface area contributed by atoms with E-state index in [4.69, 9.17) is 5.10 Å². The first-order valence-electron chi connectivity index (χ1n) is 13.9. The van der Waals surface area contributed by atoms with Crippen molar-refractivity contribution in [3.8, 4) is 22.4 Å². The lowest BCUT2D eigenvalue weighted by Crippen LogP contribution is -2.43. The SMILES string of the molecule is Cc1cc(-c2cn(C(c3ccccc3)(c3ccccc3)C3C=CC=CC3)nc2-c2ccc(F)cc2)cn2ccnc12. The number of aromatic nitrogens is 4. The highest BCUT2D eigenvalue weighted by molar-refractivity contribution is 5.81. The van der Waals surface area contributed by atoms with Crippen molar-refractivity contribution in [2.45, 2.75) is 18.9 Å². The number of halogens is 1. The summed E-state index contributed by atoms with van der Waals surface area (Å²) in [6.07, 6.45) is 17.7. The second-order valence-electron chi connectivity index (χ2n) is 10.6.